The van der Waals surface area contributed by atoms with Crippen molar-refractivity contribution in [2.45, 2.75) is 32.1 Å². The number of carbonyl (C=O) groups excluding carboxylic acids is 1. The standard InChI is InChI=1S/C13H19NO3/c15-12(14-8-9-4-3-5-9)10-6-1-2-7-11(10)13(16)17/h1-2,9-11H,3-8H2,(H,14,15)(H,16,17)/t10-,11+/m1/s1. The fraction of sp³-hybridized carbons (Fsp3) is 0.692. The van der Waals surface area contributed by atoms with E-state index in [-0.39, 0.29) is 5.91 Å². The van der Waals surface area contributed by atoms with Gasteiger partial charge in [0.1, 0.15) is 0 Å². The van der Waals surface area contributed by atoms with Gasteiger partial charge in [-0.15, -0.1) is 0 Å². The molecule has 2 atom stereocenters. The summed E-state index contributed by atoms with van der Waals surface area (Å²) in [5.41, 5.74) is 0. The molecule has 17 heavy (non-hydrogen) atoms. The van der Waals surface area contributed by atoms with E-state index in [0.717, 1.165) is 0 Å². The van der Waals surface area contributed by atoms with Crippen LogP contribution < -0.4 is 5.32 Å². The van der Waals surface area contributed by atoms with Gasteiger partial charge < -0.3 is 10.4 Å². The summed E-state index contributed by atoms with van der Waals surface area (Å²) in [7, 11) is 0. The van der Waals surface area contributed by atoms with Gasteiger partial charge in [-0.2, -0.15) is 0 Å². The first kappa shape index (κ1) is 12.1. The van der Waals surface area contributed by atoms with Gasteiger partial charge in [-0.1, -0.05) is 18.6 Å². The van der Waals surface area contributed by atoms with Gasteiger partial charge in [-0.25, -0.2) is 0 Å². The van der Waals surface area contributed by atoms with Gasteiger partial charge in [0.25, 0.3) is 0 Å². The minimum absolute atomic E-state index is 0.0892. The Morgan fingerprint density at radius 1 is 1.18 bits per heavy atom. The van der Waals surface area contributed by atoms with Gasteiger partial charge >= 0.3 is 5.97 Å². The molecule has 0 aromatic carbocycles. The van der Waals surface area contributed by atoms with E-state index in [1.807, 2.05) is 12.2 Å². The van der Waals surface area contributed by atoms with E-state index < -0.39 is 17.8 Å². The first-order chi connectivity index (χ1) is 8.18. The van der Waals surface area contributed by atoms with E-state index in [1.165, 1.54) is 19.3 Å². The average molecular weight is 237 g/mol. The molecule has 4 nitrogen and oxygen atoms in total. The normalized spacial score (nSPS) is 28.5. The molecule has 0 spiro atoms. The summed E-state index contributed by atoms with van der Waals surface area (Å²) in [6, 6.07) is 0. The van der Waals surface area contributed by atoms with E-state index in [0.29, 0.717) is 25.3 Å². The predicted molar refractivity (Wildman–Crippen MR) is 63.3 cm³/mol. The Kier molecular flexibility index (Phi) is 3.82. The summed E-state index contributed by atoms with van der Waals surface area (Å²) in [4.78, 5) is 23.0. The fourth-order valence-corrected chi connectivity index (χ4v) is 2.45. The quantitative estimate of drug-likeness (QED) is 0.729. The summed E-state index contributed by atoms with van der Waals surface area (Å²) < 4.78 is 0. The molecule has 0 aromatic heterocycles. The first-order valence-corrected chi connectivity index (χ1v) is 6.34. The van der Waals surface area contributed by atoms with Crippen molar-refractivity contribution in [1.29, 1.82) is 0 Å². The lowest BCUT2D eigenvalue weighted by Gasteiger charge is -2.28. The van der Waals surface area contributed by atoms with Crippen molar-refractivity contribution in [2.24, 2.45) is 17.8 Å². The molecule has 4 heteroatoms. The van der Waals surface area contributed by atoms with E-state index in [2.05, 4.69) is 5.32 Å². The van der Waals surface area contributed by atoms with Crippen molar-refractivity contribution < 1.29 is 14.7 Å². The van der Waals surface area contributed by atoms with Crippen LogP contribution in [0.3, 0.4) is 0 Å². The monoisotopic (exact) mass is 237 g/mol. The molecule has 0 saturated heterocycles. The number of allylic oxidation sites excluding steroid dienone is 2. The van der Waals surface area contributed by atoms with Crippen LogP contribution in [0.2, 0.25) is 0 Å². The zero-order chi connectivity index (χ0) is 12.3. The zero-order valence-corrected chi connectivity index (χ0v) is 9.89. The summed E-state index contributed by atoms with van der Waals surface area (Å²) in [6.45, 7) is 0.714. The van der Waals surface area contributed by atoms with E-state index in [1.54, 1.807) is 0 Å². The molecular formula is C13H19NO3. The zero-order valence-electron chi connectivity index (χ0n) is 9.89. The smallest absolute Gasteiger partial charge is 0.307 e. The highest BCUT2D eigenvalue weighted by atomic mass is 16.4. The summed E-state index contributed by atoms with van der Waals surface area (Å²) in [5.74, 6) is -1.29. The lowest BCUT2D eigenvalue weighted by Crippen LogP contribution is -2.41. The Morgan fingerprint density at radius 2 is 1.82 bits per heavy atom. The fourth-order valence-electron chi connectivity index (χ4n) is 2.45. The molecule has 0 radical (unpaired) electrons. The number of carboxylic acid groups (broad SMARTS) is 1. The van der Waals surface area contributed by atoms with Crippen LogP contribution in [0, 0.1) is 17.8 Å². The third-order valence-electron chi connectivity index (χ3n) is 3.88. The largest absolute Gasteiger partial charge is 0.481 e. The molecule has 2 N–H and O–H groups in total. The van der Waals surface area contributed by atoms with Gasteiger partial charge in [0.15, 0.2) is 0 Å². The molecule has 2 rings (SSSR count). The molecule has 2 aliphatic rings. The molecule has 0 heterocycles. The SMILES string of the molecule is O=C(O)[C@H]1CC=CC[C@H]1C(=O)NCC1CCC1. The van der Waals surface area contributed by atoms with Crippen LogP contribution in [0.25, 0.3) is 0 Å². The van der Waals surface area contributed by atoms with Crippen LogP contribution in [0.1, 0.15) is 32.1 Å². The van der Waals surface area contributed by atoms with Crippen LogP contribution in [0.4, 0.5) is 0 Å². The third-order valence-corrected chi connectivity index (χ3v) is 3.88. The first-order valence-electron chi connectivity index (χ1n) is 6.34. The number of carbonyl (C=O) groups is 2. The molecule has 0 aromatic rings. The van der Waals surface area contributed by atoms with E-state index >= 15 is 0 Å². The molecular weight excluding hydrogens is 218 g/mol. The third kappa shape index (κ3) is 2.87. The van der Waals surface area contributed by atoms with Gasteiger partial charge in [-0.3, -0.25) is 9.59 Å². The van der Waals surface area contributed by atoms with Crippen LogP contribution in [0.5, 0.6) is 0 Å². The van der Waals surface area contributed by atoms with E-state index in [9.17, 15) is 9.59 Å². The molecule has 0 aliphatic heterocycles. The Morgan fingerprint density at radius 3 is 2.35 bits per heavy atom. The highest BCUT2D eigenvalue weighted by Gasteiger charge is 2.34. The van der Waals surface area contributed by atoms with Crippen LogP contribution in [-0.2, 0) is 9.59 Å². The second-order valence-electron chi connectivity index (χ2n) is 5.04. The number of nitrogens with one attached hydrogen (secondary N) is 1. The number of carboxylic acids is 1. The molecule has 94 valence electrons. The topological polar surface area (TPSA) is 66.4 Å². The van der Waals surface area contributed by atoms with Crippen LogP contribution >= 0.6 is 0 Å². The maximum Gasteiger partial charge on any atom is 0.307 e. The lowest BCUT2D eigenvalue weighted by molar-refractivity contribution is -0.147. The molecule has 2 aliphatic carbocycles. The molecule has 0 bridgehead atoms. The van der Waals surface area contributed by atoms with Crippen LogP contribution in [-0.4, -0.2) is 23.5 Å². The van der Waals surface area contributed by atoms with Gasteiger partial charge in [0.05, 0.1) is 11.8 Å². The number of rotatable bonds is 4. The summed E-state index contributed by atoms with van der Waals surface area (Å²) in [5, 5.41) is 12.0. The van der Waals surface area contributed by atoms with Crippen molar-refractivity contribution in [2.75, 3.05) is 6.54 Å². The van der Waals surface area contributed by atoms with Gasteiger partial charge in [0.2, 0.25) is 5.91 Å². The van der Waals surface area contributed by atoms with Crippen molar-refractivity contribution in [3.63, 3.8) is 0 Å². The summed E-state index contributed by atoms with van der Waals surface area (Å²) >= 11 is 0. The molecule has 1 saturated carbocycles. The number of aliphatic carboxylic acids is 1. The Labute approximate surface area is 101 Å². The number of amides is 1. The minimum atomic E-state index is -0.863. The van der Waals surface area contributed by atoms with Crippen molar-refractivity contribution in [3.05, 3.63) is 12.2 Å². The molecule has 1 amide bonds. The summed E-state index contributed by atoms with van der Waals surface area (Å²) in [6.07, 6.45) is 8.41. The average Bonchev–Trinajstić information content (AvgIpc) is 2.26. The Hall–Kier alpha value is -1.32. The predicted octanol–water partition coefficient (Wildman–Crippen LogP) is 1.57. The minimum Gasteiger partial charge on any atom is -0.481 e. The highest BCUT2D eigenvalue weighted by molar-refractivity contribution is 5.85. The second kappa shape index (κ2) is 5.34. The van der Waals surface area contributed by atoms with Gasteiger partial charge in [0, 0.05) is 6.54 Å². The highest BCUT2D eigenvalue weighted by Crippen LogP contribution is 2.28. The second-order valence-corrected chi connectivity index (χ2v) is 5.04. The molecule has 1 fully saturated rings. The van der Waals surface area contributed by atoms with Crippen molar-refractivity contribution in [1.82, 2.24) is 5.32 Å². The van der Waals surface area contributed by atoms with Gasteiger partial charge in [-0.05, 0) is 31.6 Å². The number of hydrogen-bond donors (Lipinski definition) is 2. The number of hydrogen-bond acceptors (Lipinski definition) is 2. The lowest BCUT2D eigenvalue weighted by atomic mass is 9.81. The molecule has 0 unspecified atom stereocenters. The Bertz CT molecular complexity index is 334. The van der Waals surface area contributed by atoms with Crippen molar-refractivity contribution >= 4 is 11.9 Å². The maximum absolute atomic E-state index is 11.9. The Balaban J connectivity index is 1.87. The van der Waals surface area contributed by atoms with E-state index in [4.69, 9.17) is 5.11 Å². The van der Waals surface area contributed by atoms with Crippen LogP contribution in [0.15, 0.2) is 12.2 Å². The maximum atomic E-state index is 11.9. The van der Waals surface area contributed by atoms with Crippen molar-refractivity contribution in [3.8, 4) is 0 Å².